The van der Waals surface area contributed by atoms with Gasteiger partial charge in [0.25, 0.3) is 5.56 Å². The van der Waals surface area contributed by atoms with Crippen molar-refractivity contribution in [2.45, 2.75) is 32.2 Å². The Kier molecular flexibility index (Phi) is 4.93. The third-order valence-corrected chi connectivity index (χ3v) is 5.49. The van der Waals surface area contributed by atoms with Gasteiger partial charge in [-0.3, -0.25) is 9.59 Å². The van der Waals surface area contributed by atoms with E-state index >= 15 is 0 Å². The van der Waals surface area contributed by atoms with Crippen molar-refractivity contribution in [3.8, 4) is 17.1 Å². The van der Waals surface area contributed by atoms with Crippen LogP contribution >= 0.6 is 0 Å². The molecule has 0 saturated heterocycles. The molecule has 0 bridgehead atoms. The molecule has 162 valence electrons. The second kappa shape index (κ2) is 7.92. The molecule has 4 aromatic rings. The number of carbonyl (C=O) groups is 1. The molecule has 1 N–H and O–H groups in total. The van der Waals surface area contributed by atoms with Crippen molar-refractivity contribution < 1.29 is 9.53 Å². The molecule has 0 atom stereocenters. The number of aryl methyl sites for hydroxylation is 1. The molecule has 1 fully saturated rings. The number of anilines is 1. The lowest BCUT2D eigenvalue weighted by Crippen LogP contribution is -2.29. The summed E-state index contributed by atoms with van der Waals surface area (Å²) in [5.74, 6) is 0.589. The Balaban J connectivity index is 1.38. The zero-order valence-electron chi connectivity index (χ0n) is 17.8. The number of fused-ring (bicyclic) bond motifs is 1. The van der Waals surface area contributed by atoms with Gasteiger partial charge in [-0.15, -0.1) is 5.10 Å². The maximum absolute atomic E-state index is 12.7. The minimum atomic E-state index is -0.311. The average molecular weight is 430 g/mol. The molecule has 0 radical (unpaired) electrons. The summed E-state index contributed by atoms with van der Waals surface area (Å²) in [6, 6.07) is 12.5. The van der Waals surface area contributed by atoms with Crippen LogP contribution in [0.1, 0.15) is 30.0 Å². The van der Waals surface area contributed by atoms with Gasteiger partial charge in [0, 0.05) is 29.3 Å². The molecule has 0 spiro atoms. The second-order valence-electron chi connectivity index (χ2n) is 7.91. The Morgan fingerprint density at radius 3 is 2.78 bits per heavy atom. The minimum absolute atomic E-state index is 0.138. The normalized spacial score (nSPS) is 13.3. The first-order chi connectivity index (χ1) is 15.5. The SMILES string of the molecule is COc1ccc2nc(-c3ccc(C)c(NC(=O)Cn4nc(C5CC5)ccc4=O)c3)cn2n1. The average Bonchev–Trinajstić information content (AvgIpc) is 3.55. The number of hydrogen-bond acceptors (Lipinski definition) is 6. The zero-order chi connectivity index (χ0) is 22.2. The quantitative estimate of drug-likeness (QED) is 0.505. The predicted octanol–water partition coefficient (Wildman–Crippen LogP) is 2.79. The molecule has 3 aromatic heterocycles. The van der Waals surface area contributed by atoms with Gasteiger partial charge in [-0.05, 0) is 43.5 Å². The van der Waals surface area contributed by atoms with Gasteiger partial charge in [-0.25, -0.2) is 14.2 Å². The van der Waals surface area contributed by atoms with Gasteiger partial charge in [-0.1, -0.05) is 12.1 Å². The molecule has 0 unspecified atom stereocenters. The first-order valence-electron chi connectivity index (χ1n) is 10.4. The summed E-state index contributed by atoms with van der Waals surface area (Å²) >= 11 is 0. The van der Waals surface area contributed by atoms with Crippen LogP contribution in [0.2, 0.25) is 0 Å². The van der Waals surface area contributed by atoms with Crippen LogP contribution in [0.15, 0.2) is 53.5 Å². The third-order valence-electron chi connectivity index (χ3n) is 5.49. The Morgan fingerprint density at radius 2 is 2.00 bits per heavy atom. The third kappa shape index (κ3) is 3.96. The topological polar surface area (TPSA) is 103 Å². The summed E-state index contributed by atoms with van der Waals surface area (Å²) in [6.07, 6.45) is 3.96. The van der Waals surface area contributed by atoms with E-state index in [0.717, 1.165) is 35.4 Å². The highest BCUT2D eigenvalue weighted by atomic mass is 16.5. The number of nitrogens with zero attached hydrogens (tertiary/aromatic N) is 5. The van der Waals surface area contributed by atoms with Crippen molar-refractivity contribution >= 4 is 17.2 Å². The number of aromatic nitrogens is 5. The highest BCUT2D eigenvalue weighted by molar-refractivity contribution is 5.92. The van der Waals surface area contributed by atoms with Gasteiger partial charge in [0.2, 0.25) is 11.8 Å². The number of imidazole rings is 1. The molecule has 1 aromatic carbocycles. The summed E-state index contributed by atoms with van der Waals surface area (Å²) in [5.41, 5.74) is 4.38. The highest BCUT2D eigenvalue weighted by Crippen LogP contribution is 2.38. The second-order valence-corrected chi connectivity index (χ2v) is 7.91. The minimum Gasteiger partial charge on any atom is -0.480 e. The van der Waals surface area contributed by atoms with Crippen molar-refractivity contribution in [3.05, 3.63) is 70.3 Å². The lowest BCUT2D eigenvalue weighted by molar-refractivity contribution is -0.117. The summed E-state index contributed by atoms with van der Waals surface area (Å²) in [7, 11) is 1.56. The fourth-order valence-electron chi connectivity index (χ4n) is 3.53. The van der Waals surface area contributed by atoms with Crippen LogP contribution in [0.4, 0.5) is 5.69 Å². The monoisotopic (exact) mass is 430 g/mol. The number of nitrogens with one attached hydrogen (secondary N) is 1. The molecule has 32 heavy (non-hydrogen) atoms. The molecule has 9 nitrogen and oxygen atoms in total. The van der Waals surface area contributed by atoms with Crippen LogP contribution in [-0.2, 0) is 11.3 Å². The van der Waals surface area contributed by atoms with Crippen molar-refractivity contribution in [3.63, 3.8) is 0 Å². The Labute approximate surface area is 183 Å². The molecular formula is C23H22N6O3. The van der Waals surface area contributed by atoms with Crippen LogP contribution < -0.4 is 15.6 Å². The van der Waals surface area contributed by atoms with E-state index in [-0.39, 0.29) is 18.0 Å². The van der Waals surface area contributed by atoms with E-state index in [1.807, 2.05) is 31.2 Å². The van der Waals surface area contributed by atoms with Crippen molar-refractivity contribution in [1.82, 2.24) is 24.4 Å². The lowest BCUT2D eigenvalue weighted by Gasteiger charge is -2.11. The maximum atomic E-state index is 12.7. The summed E-state index contributed by atoms with van der Waals surface area (Å²) < 4.78 is 8.04. The van der Waals surface area contributed by atoms with Gasteiger partial charge in [0.1, 0.15) is 6.54 Å². The molecule has 1 amide bonds. The van der Waals surface area contributed by atoms with Crippen molar-refractivity contribution in [1.29, 1.82) is 0 Å². The molecule has 0 aliphatic heterocycles. The number of rotatable bonds is 6. The first kappa shape index (κ1) is 19.9. The maximum Gasteiger partial charge on any atom is 0.267 e. The van der Waals surface area contributed by atoms with Crippen molar-refractivity contribution in [2.24, 2.45) is 0 Å². The van der Waals surface area contributed by atoms with E-state index in [2.05, 4.69) is 20.5 Å². The van der Waals surface area contributed by atoms with E-state index < -0.39 is 0 Å². The van der Waals surface area contributed by atoms with Gasteiger partial charge in [0.05, 0.1) is 24.7 Å². The molecule has 1 saturated carbocycles. The molecule has 1 aliphatic rings. The van der Waals surface area contributed by atoms with Crippen LogP contribution in [-0.4, -0.2) is 37.4 Å². The number of hydrogen-bond donors (Lipinski definition) is 1. The van der Waals surface area contributed by atoms with Crippen LogP contribution in [0.3, 0.4) is 0 Å². The van der Waals surface area contributed by atoms with Gasteiger partial charge < -0.3 is 10.1 Å². The largest absolute Gasteiger partial charge is 0.480 e. The Bertz CT molecular complexity index is 1390. The van der Waals surface area contributed by atoms with E-state index in [0.29, 0.717) is 23.1 Å². The molecule has 3 heterocycles. The summed E-state index contributed by atoms with van der Waals surface area (Å²) in [6.45, 7) is 1.77. The zero-order valence-corrected chi connectivity index (χ0v) is 17.8. The Hall–Kier alpha value is -4.01. The first-order valence-corrected chi connectivity index (χ1v) is 10.4. The van der Waals surface area contributed by atoms with Crippen LogP contribution in [0.5, 0.6) is 5.88 Å². The van der Waals surface area contributed by atoms with Gasteiger partial charge >= 0.3 is 0 Å². The summed E-state index contributed by atoms with van der Waals surface area (Å²) in [5, 5.41) is 11.6. The van der Waals surface area contributed by atoms with E-state index in [1.165, 1.54) is 10.7 Å². The molecule has 1 aliphatic carbocycles. The fourth-order valence-corrected chi connectivity index (χ4v) is 3.53. The number of methoxy groups -OCH3 is 1. The number of benzene rings is 1. The van der Waals surface area contributed by atoms with Crippen LogP contribution in [0.25, 0.3) is 16.9 Å². The van der Waals surface area contributed by atoms with Crippen molar-refractivity contribution in [2.75, 3.05) is 12.4 Å². The predicted molar refractivity (Wildman–Crippen MR) is 119 cm³/mol. The molecule has 5 rings (SSSR count). The van der Waals surface area contributed by atoms with E-state index in [4.69, 9.17) is 4.74 Å². The van der Waals surface area contributed by atoms with E-state index in [1.54, 1.807) is 30.0 Å². The van der Waals surface area contributed by atoms with Crippen LogP contribution in [0, 0.1) is 6.92 Å². The lowest BCUT2D eigenvalue weighted by atomic mass is 10.1. The Morgan fingerprint density at radius 1 is 1.16 bits per heavy atom. The highest BCUT2D eigenvalue weighted by Gasteiger charge is 2.25. The number of amides is 1. The molecular weight excluding hydrogens is 408 g/mol. The number of carbonyl (C=O) groups excluding carboxylic acids is 1. The fraction of sp³-hybridized carbons (Fsp3) is 0.261. The molecule has 9 heteroatoms. The smallest absolute Gasteiger partial charge is 0.267 e. The van der Waals surface area contributed by atoms with Gasteiger partial charge in [0.15, 0.2) is 5.65 Å². The van der Waals surface area contributed by atoms with Gasteiger partial charge in [-0.2, -0.15) is 5.10 Å². The number of ether oxygens (including phenoxy) is 1. The standard InChI is InChI=1S/C23H22N6O3/c1-14-3-4-16(19-12-28-20(24-19)8-9-22(27-28)32-2)11-18(14)25-21(30)13-29-23(31)10-7-17(26-29)15-5-6-15/h3-4,7-12,15H,5-6,13H2,1-2H3,(H,25,30). The summed E-state index contributed by atoms with van der Waals surface area (Å²) in [4.78, 5) is 29.4. The van der Waals surface area contributed by atoms with E-state index in [9.17, 15) is 9.59 Å².